The Balaban J connectivity index is 1.48. The molecule has 0 radical (unpaired) electrons. The first kappa shape index (κ1) is 22.7. The van der Waals surface area contributed by atoms with E-state index in [0.717, 1.165) is 19.6 Å². The topological polar surface area (TPSA) is 88.5 Å². The van der Waals surface area contributed by atoms with Crippen molar-refractivity contribution in [3.8, 4) is 11.5 Å². The van der Waals surface area contributed by atoms with Gasteiger partial charge in [-0.15, -0.1) is 0 Å². The average Bonchev–Trinajstić information content (AvgIpc) is 3.42. The van der Waals surface area contributed by atoms with Crippen molar-refractivity contribution >= 4 is 29.1 Å². The number of benzene rings is 2. The van der Waals surface area contributed by atoms with E-state index in [9.17, 15) is 14.7 Å². The quantitative estimate of drug-likeness (QED) is 0.382. The number of carbonyl (C=O) groups excluding carboxylic acids is 2. The van der Waals surface area contributed by atoms with E-state index >= 15 is 0 Å². The average molecular weight is 485 g/mol. The molecule has 2 aromatic rings. The molecule has 2 aromatic carbocycles. The molecule has 1 amide bonds. The minimum absolute atomic E-state index is 0.0394. The first-order valence-electron chi connectivity index (χ1n) is 11.3. The fourth-order valence-electron chi connectivity index (χ4n) is 4.62. The number of aliphatic hydroxyl groups excluding tert-OH is 1. The molecule has 0 aromatic heterocycles. The highest BCUT2D eigenvalue weighted by molar-refractivity contribution is 6.46. The smallest absolute Gasteiger partial charge is 0.295 e. The standard InChI is InChI=1S/C25H25ClN2O6/c26-18-4-1-3-16(13-18)22-21(23(29)17-5-6-19-20(14-17)34-15-33-19)24(30)25(31)28(22)8-2-7-27-9-11-32-12-10-27/h1,3-6,13-14,22,29H,2,7-12,15H2. The summed E-state index contributed by atoms with van der Waals surface area (Å²) in [7, 11) is 0. The number of aliphatic hydroxyl groups is 1. The lowest BCUT2D eigenvalue weighted by molar-refractivity contribution is -0.140. The molecule has 8 nitrogen and oxygen atoms in total. The summed E-state index contributed by atoms with van der Waals surface area (Å²) in [4.78, 5) is 30.1. The summed E-state index contributed by atoms with van der Waals surface area (Å²) in [5.41, 5.74) is 1.08. The fraction of sp³-hybridized carbons (Fsp3) is 0.360. The second-order valence-corrected chi connectivity index (χ2v) is 8.86. The summed E-state index contributed by atoms with van der Waals surface area (Å²) in [5, 5.41) is 11.7. The zero-order valence-electron chi connectivity index (χ0n) is 18.5. The molecule has 1 N–H and O–H groups in total. The van der Waals surface area contributed by atoms with Crippen LogP contribution >= 0.6 is 11.6 Å². The molecule has 3 heterocycles. The second-order valence-electron chi connectivity index (χ2n) is 8.42. The Morgan fingerprint density at radius 2 is 1.82 bits per heavy atom. The lowest BCUT2D eigenvalue weighted by Crippen LogP contribution is -2.38. The SMILES string of the molecule is O=C1C(=O)N(CCCN2CCOCC2)C(c2cccc(Cl)c2)C1=C(O)c1ccc2c(c1)OCO2. The Morgan fingerprint density at radius 3 is 2.62 bits per heavy atom. The number of carbonyl (C=O) groups is 2. The molecular formula is C25H25ClN2O6. The van der Waals surface area contributed by atoms with Crippen molar-refractivity contribution in [3.05, 3.63) is 64.2 Å². The molecule has 3 aliphatic heterocycles. The molecule has 2 saturated heterocycles. The monoisotopic (exact) mass is 484 g/mol. The van der Waals surface area contributed by atoms with Crippen molar-refractivity contribution in [1.82, 2.24) is 9.80 Å². The molecule has 0 spiro atoms. The van der Waals surface area contributed by atoms with Crippen molar-refractivity contribution in [2.75, 3.05) is 46.2 Å². The van der Waals surface area contributed by atoms with Crippen molar-refractivity contribution in [3.63, 3.8) is 0 Å². The van der Waals surface area contributed by atoms with Crippen molar-refractivity contribution < 1.29 is 28.9 Å². The van der Waals surface area contributed by atoms with Gasteiger partial charge in [-0.2, -0.15) is 0 Å². The van der Waals surface area contributed by atoms with Gasteiger partial charge in [0, 0.05) is 36.8 Å². The number of morpholine rings is 1. The number of ketones is 1. The van der Waals surface area contributed by atoms with E-state index in [1.54, 1.807) is 36.4 Å². The Bertz CT molecular complexity index is 1140. The molecule has 9 heteroatoms. The van der Waals surface area contributed by atoms with E-state index in [4.69, 9.17) is 25.8 Å². The summed E-state index contributed by atoms with van der Waals surface area (Å²) in [6.45, 7) is 4.34. The third-order valence-electron chi connectivity index (χ3n) is 6.33. The van der Waals surface area contributed by atoms with Crippen LogP contribution in [-0.2, 0) is 14.3 Å². The van der Waals surface area contributed by atoms with Crippen molar-refractivity contribution in [1.29, 1.82) is 0 Å². The number of rotatable bonds is 6. The van der Waals surface area contributed by atoms with Crippen molar-refractivity contribution in [2.24, 2.45) is 0 Å². The van der Waals surface area contributed by atoms with Crippen LogP contribution in [0.15, 0.2) is 48.0 Å². The van der Waals surface area contributed by atoms with Gasteiger partial charge in [0.05, 0.1) is 24.8 Å². The van der Waals surface area contributed by atoms with Gasteiger partial charge in [0.1, 0.15) is 5.76 Å². The van der Waals surface area contributed by atoms with Gasteiger partial charge in [-0.3, -0.25) is 14.5 Å². The van der Waals surface area contributed by atoms with Crippen LogP contribution in [0.4, 0.5) is 0 Å². The van der Waals surface area contributed by atoms with Crippen LogP contribution in [-0.4, -0.2) is 72.8 Å². The molecule has 34 heavy (non-hydrogen) atoms. The number of Topliss-reactive ketones (excluding diaryl/α,β-unsaturated/α-hetero) is 1. The van der Waals surface area contributed by atoms with Crippen LogP contribution in [0.2, 0.25) is 5.02 Å². The number of fused-ring (bicyclic) bond motifs is 1. The van der Waals surface area contributed by atoms with E-state index in [0.29, 0.717) is 53.8 Å². The Hall–Kier alpha value is -3.07. The molecule has 2 fully saturated rings. The zero-order valence-corrected chi connectivity index (χ0v) is 19.3. The van der Waals surface area contributed by atoms with Crippen LogP contribution in [0.5, 0.6) is 11.5 Å². The largest absolute Gasteiger partial charge is 0.507 e. The molecule has 0 bridgehead atoms. The van der Waals surface area contributed by atoms with Gasteiger partial charge in [0.2, 0.25) is 6.79 Å². The normalized spacial score (nSPS) is 21.9. The van der Waals surface area contributed by atoms with Gasteiger partial charge in [0.15, 0.2) is 11.5 Å². The van der Waals surface area contributed by atoms with Gasteiger partial charge in [-0.05, 0) is 42.3 Å². The summed E-state index contributed by atoms with van der Waals surface area (Å²) in [6, 6.07) is 11.2. The van der Waals surface area contributed by atoms with E-state index in [-0.39, 0.29) is 18.1 Å². The highest BCUT2D eigenvalue weighted by atomic mass is 35.5. The third-order valence-corrected chi connectivity index (χ3v) is 6.56. The Labute approximate surface area is 202 Å². The fourth-order valence-corrected chi connectivity index (χ4v) is 4.82. The number of ether oxygens (including phenoxy) is 3. The Morgan fingerprint density at radius 1 is 1.03 bits per heavy atom. The predicted molar refractivity (Wildman–Crippen MR) is 125 cm³/mol. The van der Waals surface area contributed by atoms with Gasteiger partial charge in [0.25, 0.3) is 11.7 Å². The lowest BCUT2D eigenvalue weighted by Gasteiger charge is -2.29. The van der Waals surface area contributed by atoms with Gasteiger partial charge in [-0.25, -0.2) is 0 Å². The second kappa shape index (κ2) is 9.66. The number of hydrogen-bond acceptors (Lipinski definition) is 7. The Kier molecular flexibility index (Phi) is 6.45. The first-order chi connectivity index (χ1) is 16.5. The molecular weight excluding hydrogens is 460 g/mol. The van der Waals surface area contributed by atoms with Gasteiger partial charge in [-0.1, -0.05) is 23.7 Å². The first-order valence-corrected chi connectivity index (χ1v) is 11.6. The number of hydrogen-bond donors (Lipinski definition) is 1. The molecule has 1 unspecified atom stereocenters. The maximum atomic E-state index is 13.2. The molecule has 0 saturated carbocycles. The van der Waals surface area contributed by atoms with Crippen LogP contribution < -0.4 is 9.47 Å². The highest BCUT2D eigenvalue weighted by Crippen LogP contribution is 2.41. The van der Waals surface area contributed by atoms with Gasteiger partial charge >= 0.3 is 0 Å². The minimum atomic E-state index is -0.742. The van der Waals surface area contributed by atoms with Crippen LogP contribution in [0, 0.1) is 0 Å². The zero-order chi connectivity index (χ0) is 23.7. The van der Waals surface area contributed by atoms with Gasteiger partial charge < -0.3 is 24.2 Å². The molecule has 3 aliphatic rings. The van der Waals surface area contributed by atoms with E-state index in [1.807, 2.05) is 6.07 Å². The summed E-state index contributed by atoms with van der Waals surface area (Å²) in [5.74, 6) is -0.562. The summed E-state index contributed by atoms with van der Waals surface area (Å²) < 4.78 is 16.1. The summed E-state index contributed by atoms with van der Waals surface area (Å²) >= 11 is 6.24. The lowest BCUT2D eigenvalue weighted by atomic mass is 9.95. The number of likely N-dealkylation sites (tertiary alicyclic amines) is 1. The van der Waals surface area contributed by atoms with Crippen LogP contribution in [0.25, 0.3) is 5.76 Å². The summed E-state index contributed by atoms with van der Waals surface area (Å²) in [6.07, 6.45) is 0.689. The molecule has 1 atom stereocenters. The van der Waals surface area contributed by atoms with E-state index < -0.39 is 17.7 Å². The molecule has 0 aliphatic carbocycles. The molecule has 5 rings (SSSR count). The maximum Gasteiger partial charge on any atom is 0.295 e. The van der Waals surface area contributed by atoms with Crippen LogP contribution in [0.1, 0.15) is 23.6 Å². The van der Waals surface area contributed by atoms with Crippen molar-refractivity contribution in [2.45, 2.75) is 12.5 Å². The number of halogens is 1. The van der Waals surface area contributed by atoms with Crippen LogP contribution in [0.3, 0.4) is 0 Å². The molecule has 178 valence electrons. The van der Waals surface area contributed by atoms with E-state index in [2.05, 4.69) is 4.90 Å². The number of amides is 1. The minimum Gasteiger partial charge on any atom is -0.507 e. The third kappa shape index (κ3) is 4.36. The predicted octanol–water partition coefficient (Wildman–Crippen LogP) is 3.21. The highest BCUT2D eigenvalue weighted by Gasteiger charge is 2.46. The number of nitrogens with zero attached hydrogens (tertiary/aromatic N) is 2. The van der Waals surface area contributed by atoms with E-state index in [1.165, 1.54) is 4.90 Å². The maximum absolute atomic E-state index is 13.2.